The normalized spacial score (nSPS) is 26.4. The van der Waals surface area contributed by atoms with Crippen molar-refractivity contribution in [2.75, 3.05) is 59.4 Å². The van der Waals surface area contributed by atoms with Crippen molar-refractivity contribution in [3.63, 3.8) is 0 Å². The van der Waals surface area contributed by atoms with Gasteiger partial charge in [0.1, 0.15) is 0 Å². The van der Waals surface area contributed by atoms with E-state index < -0.39 is 0 Å². The van der Waals surface area contributed by atoms with Gasteiger partial charge >= 0.3 is 0 Å². The number of likely N-dealkylation sites (N-methyl/N-ethyl adjacent to an activating group) is 1. The fourth-order valence-electron chi connectivity index (χ4n) is 2.65. The molecule has 2 aliphatic heterocycles. The van der Waals surface area contributed by atoms with Gasteiger partial charge in [-0.3, -0.25) is 9.69 Å². The molecule has 0 aliphatic carbocycles. The Balaban J connectivity index is 1.53. The van der Waals surface area contributed by atoms with E-state index in [0.29, 0.717) is 12.3 Å². The minimum atomic E-state index is 0.220. The van der Waals surface area contributed by atoms with Crippen LogP contribution in [0, 0.1) is 5.92 Å². The molecule has 2 saturated heterocycles. The lowest BCUT2D eigenvalue weighted by molar-refractivity contribution is -0.121. The molecule has 0 spiro atoms. The largest absolute Gasteiger partial charge is 0.355 e. The molecule has 2 heterocycles. The second kappa shape index (κ2) is 7.07. The van der Waals surface area contributed by atoms with Crippen LogP contribution in [0.1, 0.15) is 12.8 Å². The lowest BCUT2D eigenvalue weighted by Crippen LogP contribution is -2.47. The van der Waals surface area contributed by atoms with Crippen LogP contribution in [0.5, 0.6) is 0 Å². The Labute approximate surface area is 110 Å². The van der Waals surface area contributed by atoms with E-state index in [4.69, 9.17) is 0 Å². The van der Waals surface area contributed by atoms with Crippen LogP contribution in [0.15, 0.2) is 0 Å². The number of hydrogen-bond acceptors (Lipinski definition) is 4. The van der Waals surface area contributed by atoms with Crippen molar-refractivity contribution in [1.82, 2.24) is 20.4 Å². The number of carbonyl (C=O) groups excluding carboxylic acids is 1. The lowest BCUT2D eigenvalue weighted by atomic mass is 10.0. The van der Waals surface area contributed by atoms with E-state index in [1.54, 1.807) is 0 Å². The van der Waals surface area contributed by atoms with Gasteiger partial charge in [0.05, 0.1) is 0 Å². The molecule has 1 unspecified atom stereocenters. The predicted molar refractivity (Wildman–Crippen MR) is 72.5 cm³/mol. The summed E-state index contributed by atoms with van der Waals surface area (Å²) in [5.41, 5.74) is 0. The summed E-state index contributed by atoms with van der Waals surface area (Å²) >= 11 is 0. The van der Waals surface area contributed by atoms with Crippen LogP contribution >= 0.6 is 0 Å². The Hall–Kier alpha value is -0.650. The first-order valence-corrected chi connectivity index (χ1v) is 7.12. The highest BCUT2D eigenvalue weighted by Gasteiger charge is 2.18. The van der Waals surface area contributed by atoms with Crippen LogP contribution in [0.4, 0.5) is 0 Å². The Morgan fingerprint density at radius 2 is 2.11 bits per heavy atom. The molecular weight excluding hydrogens is 228 g/mol. The van der Waals surface area contributed by atoms with Gasteiger partial charge in [0.25, 0.3) is 0 Å². The van der Waals surface area contributed by atoms with Gasteiger partial charge in [-0.05, 0) is 32.5 Å². The van der Waals surface area contributed by atoms with Gasteiger partial charge < -0.3 is 15.5 Å². The van der Waals surface area contributed by atoms with E-state index in [1.807, 2.05) is 0 Å². The number of rotatable bonds is 5. The molecule has 18 heavy (non-hydrogen) atoms. The maximum Gasteiger partial charge on any atom is 0.220 e. The summed E-state index contributed by atoms with van der Waals surface area (Å²) in [6, 6.07) is 0. The van der Waals surface area contributed by atoms with Crippen molar-refractivity contribution in [3.8, 4) is 0 Å². The maximum atomic E-state index is 11.7. The summed E-state index contributed by atoms with van der Waals surface area (Å²) in [6.07, 6.45) is 1.83. The Morgan fingerprint density at radius 1 is 1.33 bits per heavy atom. The fourth-order valence-corrected chi connectivity index (χ4v) is 2.65. The zero-order chi connectivity index (χ0) is 12.8. The molecule has 5 heteroatoms. The first-order valence-electron chi connectivity index (χ1n) is 7.12. The van der Waals surface area contributed by atoms with E-state index in [1.165, 1.54) is 0 Å². The molecule has 2 N–H and O–H groups in total. The first kappa shape index (κ1) is 13.8. The second-order valence-electron chi connectivity index (χ2n) is 5.56. The van der Waals surface area contributed by atoms with Crippen LogP contribution in [-0.4, -0.2) is 75.1 Å². The molecule has 104 valence electrons. The van der Waals surface area contributed by atoms with Crippen LogP contribution in [0.2, 0.25) is 0 Å². The number of carbonyl (C=O) groups is 1. The maximum absolute atomic E-state index is 11.7. The van der Waals surface area contributed by atoms with Crippen LogP contribution < -0.4 is 10.6 Å². The molecule has 2 aliphatic rings. The molecule has 0 aromatic rings. The smallest absolute Gasteiger partial charge is 0.220 e. The van der Waals surface area contributed by atoms with Crippen LogP contribution in [0.3, 0.4) is 0 Å². The van der Waals surface area contributed by atoms with Gasteiger partial charge in [-0.25, -0.2) is 0 Å². The number of hydrogen-bond donors (Lipinski definition) is 2. The van der Waals surface area contributed by atoms with Crippen LogP contribution in [0.25, 0.3) is 0 Å². The van der Waals surface area contributed by atoms with Crippen molar-refractivity contribution >= 4 is 5.91 Å². The monoisotopic (exact) mass is 254 g/mol. The molecule has 1 atom stereocenters. The fraction of sp³-hybridized carbons (Fsp3) is 0.923. The molecule has 0 bridgehead atoms. The molecule has 0 aromatic carbocycles. The number of amides is 1. The average molecular weight is 254 g/mol. The third-order valence-electron chi connectivity index (χ3n) is 3.98. The SMILES string of the molecule is CN1CCN(CCNC(=O)CC2CCNC2)CC1. The number of piperazine rings is 1. The molecule has 0 aromatic heterocycles. The summed E-state index contributed by atoms with van der Waals surface area (Å²) < 4.78 is 0. The van der Waals surface area contributed by atoms with Crippen molar-refractivity contribution in [1.29, 1.82) is 0 Å². The third kappa shape index (κ3) is 4.55. The molecular formula is C13H26N4O. The first-order chi connectivity index (χ1) is 8.74. The topological polar surface area (TPSA) is 47.6 Å². The highest BCUT2D eigenvalue weighted by Crippen LogP contribution is 2.11. The lowest BCUT2D eigenvalue weighted by Gasteiger charge is -2.32. The van der Waals surface area contributed by atoms with E-state index in [-0.39, 0.29) is 5.91 Å². The number of nitrogens with one attached hydrogen (secondary N) is 2. The summed E-state index contributed by atoms with van der Waals surface area (Å²) in [5.74, 6) is 0.770. The number of nitrogens with zero attached hydrogens (tertiary/aromatic N) is 2. The van der Waals surface area contributed by atoms with E-state index >= 15 is 0 Å². The van der Waals surface area contributed by atoms with E-state index in [9.17, 15) is 4.79 Å². The van der Waals surface area contributed by atoms with Gasteiger partial charge in [0, 0.05) is 45.7 Å². The van der Waals surface area contributed by atoms with Crippen molar-refractivity contribution in [3.05, 3.63) is 0 Å². The van der Waals surface area contributed by atoms with Gasteiger partial charge in [0.15, 0.2) is 0 Å². The van der Waals surface area contributed by atoms with Gasteiger partial charge in [-0.1, -0.05) is 0 Å². The minimum absolute atomic E-state index is 0.220. The van der Waals surface area contributed by atoms with Crippen molar-refractivity contribution in [2.45, 2.75) is 12.8 Å². The third-order valence-corrected chi connectivity index (χ3v) is 3.98. The van der Waals surface area contributed by atoms with E-state index in [2.05, 4.69) is 27.5 Å². The summed E-state index contributed by atoms with van der Waals surface area (Å²) in [4.78, 5) is 16.5. The van der Waals surface area contributed by atoms with Crippen molar-refractivity contribution < 1.29 is 4.79 Å². The summed E-state index contributed by atoms with van der Waals surface area (Å²) in [5, 5.41) is 6.34. The quantitative estimate of drug-likeness (QED) is 0.684. The molecule has 5 nitrogen and oxygen atoms in total. The molecule has 0 radical (unpaired) electrons. The molecule has 1 amide bonds. The summed E-state index contributed by atoms with van der Waals surface area (Å²) in [6.45, 7) is 8.39. The highest BCUT2D eigenvalue weighted by molar-refractivity contribution is 5.76. The zero-order valence-corrected chi connectivity index (χ0v) is 11.5. The Bertz CT molecular complexity index is 258. The van der Waals surface area contributed by atoms with Crippen LogP contribution in [-0.2, 0) is 4.79 Å². The average Bonchev–Trinajstić information content (AvgIpc) is 2.84. The highest BCUT2D eigenvalue weighted by atomic mass is 16.1. The van der Waals surface area contributed by atoms with Gasteiger partial charge in [-0.2, -0.15) is 0 Å². The Morgan fingerprint density at radius 3 is 2.78 bits per heavy atom. The second-order valence-corrected chi connectivity index (χ2v) is 5.56. The molecule has 2 rings (SSSR count). The summed E-state index contributed by atoms with van der Waals surface area (Å²) in [7, 11) is 2.16. The standard InChI is InChI=1S/C13H26N4O/c1-16-6-8-17(9-7-16)5-4-15-13(18)10-12-2-3-14-11-12/h12,14H,2-11H2,1H3,(H,15,18). The van der Waals surface area contributed by atoms with Gasteiger partial charge in [-0.15, -0.1) is 0 Å². The Kier molecular flexibility index (Phi) is 5.41. The predicted octanol–water partition coefficient (Wildman–Crippen LogP) is -0.650. The van der Waals surface area contributed by atoms with Crippen molar-refractivity contribution in [2.24, 2.45) is 5.92 Å². The minimum Gasteiger partial charge on any atom is -0.355 e. The zero-order valence-electron chi connectivity index (χ0n) is 11.5. The molecule has 0 saturated carbocycles. The van der Waals surface area contributed by atoms with Gasteiger partial charge in [0.2, 0.25) is 5.91 Å². The molecule has 2 fully saturated rings. The van der Waals surface area contributed by atoms with E-state index in [0.717, 1.165) is 58.8 Å².